The second kappa shape index (κ2) is 4.82. The molecule has 5 heteroatoms. The second-order valence-electron chi connectivity index (χ2n) is 5.66. The zero-order chi connectivity index (χ0) is 13.6. The average Bonchev–Trinajstić information content (AvgIpc) is 2.88. The minimum absolute atomic E-state index is 0.130. The minimum Gasteiger partial charge on any atom is -0.331 e. The molecule has 3 heterocycles. The van der Waals surface area contributed by atoms with E-state index < -0.39 is 0 Å². The summed E-state index contributed by atoms with van der Waals surface area (Å²) >= 11 is 6.26. The molecule has 2 aliphatic heterocycles. The number of rotatable bonds is 2. The molecule has 2 unspecified atom stereocenters. The number of aryl methyl sites for hydroxylation is 2. The highest BCUT2D eigenvalue weighted by Crippen LogP contribution is 2.38. The molecule has 1 amide bonds. The predicted octanol–water partition coefficient (Wildman–Crippen LogP) is 2.36. The van der Waals surface area contributed by atoms with Crippen molar-refractivity contribution in [2.45, 2.75) is 56.5 Å². The second-order valence-corrected chi connectivity index (χ2v) is 6.28. The summed E-state index contributed by atoms with van der Waals surface area (Å²) in [5.41, 5.74) is 1.69. The fourth-order valence-electron chi connectivity index (χ4n) is 3.47. The highest BCUT2D eigenvalue weighted by atomic mass is 35.5. The molecule has 3 rings (SSSR count). The Hall–Kier alpha value is -1.03. The first-order valence-electron chi connectivity index (χ1n) is 7.09. The molecule has 2 fully saturated rings. The van der Waals surface area contributed by atoms with Crippen molar-refractivity contribution < 1.29 is 4.79 Å². The summed E-state index contributed by atoms with van der Waals surface area (Å²) in [5, 5.41) is 4.61. The minimum atomic E-state index is 0.130. The van der Waals surface area contributed by atoms with Gasteiger partial charge in [-0.2, -0.15) is 5.10 Å². The number of fused-ring (bicyclic) bond motifs is 2. The van der Waals surface area contributed by atoms with Gasteiger partial charge in [-0.15, -0.1) is 11.6 Å². The first kappa shape index (κ1) is 13.0. The van der Waals surface area contributed by atoms with Gasteiger partial charge in [0.05, 0.1) is 5.69 Å². The zero-order valence-electron chi connectivity index (χ0n) is 11.5. The van der Waals surface area contributed by atoms with E-state index in [9.17, 15) is 4.79 Å². The highest BCUT2D eigenvalue weighted by molar-refractivity contribution is 6.20. The molecule has 1 aromatic heterocycles. The SMILES string of the molecule is CCc1cc(C(=O)N2C3CCC2CC(Cl)C3)n(C)n1. The quantitative estimate of drug-likeness (QED) is 0.781. The topological polar surface area (TPSA) is 38.1 Å². The molecular weight excluding hydrogens is 262 g/mol. The van der Waals surface area contributed by atoms with Gasteiger partial charge in [-0.1, -0.05) is 6.92 Å². The van der Waals surface area contributed by atoms with Crippen LogP contribution >= 0.6 is 11.6 Å². The number of piperidine rings is 1. The number of carbonyl (C=O) groups is 1. The van der Waals surface area contributed by atoms with Crippen LogP contribution in [0.1, 0.15) is 48.8 Å². The number of hydrogen-bond donors (Lipinski definition) is 0. The third-order valence-corrected chi connectivity index (χ3v) is 4.78. The third-order valence-electron chi connectivity index (χ3n) is 4.42. The smallest absolute Gasteiger partial charge is 0.272 e. The lowest BCUT2D eigenvalue weighted by atomic mass is 10.0. The van der Waals surface area contributed by atoms with Gasteiger partial charge in [0.2, 0.25) is 0 Å². The molecule has 104 valence electrons. The lowest BCUT2D eigenvalue weighted by Gasteiger charge is -2.36. The van der Waals surface area contributed by atoms with Crippen molar-refractivity contribution in [1.29, 1.82) is 0 Å². The van der Waals surface area contributed by atoms with Gasteiger partial charge in [0.15, 0.2) is 0 Å². The van der Waals surface area contributed by atoms with Crippen molar-refractivity contribution in [2.75, 3.05) is 0 Å². The fourth-order valence-corrected chi connectivity index (χ4v) is 3.89. The molecule has 0 radical (unpaired) electrons. The molecule has 2 bridgehead atoms. The van der Waals surface area contributed by atoms with Crippen LogP contribution in [0.15, 0.2) is 6.07 Å². The van der Waals surface area contributed by atoms with Gasteiger partial charge in [0.25, 0.3) is 5.91 Å². The number of aromatic nitrogens is 2. The normalized spacial score (nSPS) is 29.8. The van der Waals surface area contributed by atoms with Crippen LogP contribution in [0, 0.1) is 0 Å². The van der Waals surface area contributed by atoms with E-state index in [-0.39, 0.29) is 11.3 Å². The van der Waals surface area contributed by atoms with E-state index >= 15 is 0 Å². The van der Waals surface area contributed by atoms with Gasteiger partial charge in [0, 0.05) is 24.5 Å². The standard InChI is InChI=1S/C14H20ClN3O/c1-3-10-8-13(17(2)16-10)14(19)18-11-4-5-12(18)7-9(15)6-11/h8-9,11-12H,3-7H2,1-2H3. The molecule has 19 heavy (non-hydrogen) atoms. The maximum atomic E-state index is 12.7. The summed E-state index contributed by atoms with van der Waals surface area (Å²) in [6.45, 7) is 2.05. The van der Waals surface area contributed by atoms with Crippen molar-refractivity contribution in [3.05, 3.63) is 17.5 Å². The predicted molar refractivity (Wildman–Crippen MR) is 74.4 cm³/mol. The van der Waals surface area contributed by atoms with E-state index in [4.69, 9.17) is 11.6 Å². The van der Waals surface area contributed by atoms with Crippen LogP contribution in [0.25, 0.3) is 0 Å². The first-order valence-corrected chi connectivity index (χ1v) is 7.53. The van der Waals surface area contributed by atoms with Crippen molar-refractivity contribution in [3.8, 4) is 0 Å². The number of hydrogen-bond acceptors (Lipinski definition) is 2. The monoisotopic (exact) mass is 281 g/mol. The van der Waals surface area contributed by atoms with Crippen LogP contribution in [-0.4, -0.2) is 38.0 Å². The summed E-state index contributed by atoms with van der Waals surface area (Å²) in [7, 11) is 1.85. The van der Waals surface area contributed by atoms with Crippen LogP contribution in [0.3, 0.4) is 0 Å². The molecule has 2 atom stereocenters. The largest absolute Gasteiger partial charge is 0.331 e. The average molecular weight is 282 g/mol. The molecule has 0 saturated carbocycles. The number of amides is 1. The molecule has 0 N–H and O–H groups in total. The van der Waals surface area contributed by atoms with Crippen LogP contribution in [0.5, 0.6) is 0 Å². The Kier molecular flexibility index (Phi) is 3.29. The number of nitrogens with zero attached hydrogens (tertiary/aromatic N) is 3. The highest BCUT2D eigenvalue weighted by Gasteiger charge is 2.43. The molecule has 0 aliphatic carbocycles. The molecule has 2 saturated heterocycles. The van der Waals surface area contributed by atoms with Gasteiger partial charge >= 0.3 is 0 Å². The van der Waals surface area contributed by atoms with E-state index in [0.717, 1.165) is 37.8 Å². The number of halogens is 1. The zero-order valence-corrected chi connectivity index (χ0v) is 12.2. The van der Waals surface area contributed by atoms with E-state index in [1.165, 1.54) is 0 Å². The molecule has 0 aromatic carbocycles. The number of carbonyl (C=O) groups excluding carboxylic acids is 1. The van der Waals surface area contributed by atoms with Crippen LogP contribution in [0.4, 0.5) is 0 Å². The van der Waals surface area contributed by atoms with Crippen LogP contribution < -0.4 is 0 Å². The Bertz CT molecular complexity index is 485. The summed E-state index contributed by atoms with van der Waals surface area (Å²) in [5.74, 6) is 0.130. The van der Waals surface area contributed by atoms with Gasteiger partial charge in [0.1, 0.15) is 5.69 Å². The Labute approximate surface area is 118 Å². The molecule has 0 spiro atoms. The van der Waals surface area contributed by atoms with Crippen molar-refractivity contribution >= 4 is 17.5 Å². The lowest BCUT2D eigenvalue weighted by Crippen LogP contribution is -2.47. The Morgan fingerprint density at radius 2 is 2.05 bits per heavy atom. The fraction of sp³-hybridized carbons (Fsp3) is 0.714. The van der Waals surface area contributed by atoms with Crippen LogP contribution in [-0.2, 0) is 13.5 Å². The Balaban J connectivity index is 1.86. The molecule has 4 nitrogen and oxygen atoms in total. The van der Waals surface area contributed by atoms with Crippen molar-refractivity contribution in [2.24, 2.45) is 7.05 Å². The number of alkyl halides is 1. The summed E-state index contributed by atoms with van der Waals surface area (Å²) < 4.78 is 1.72. The third kappa shape index (κ3) is 2.16. The van der Waals surface area contributed by atoms with Crippen molar-refractivity contribution in [3.63, 3.8) is 0 Å². The Morgan fingerprint density at radius 3 is 2.58 bits per heavy atom. The lowest BCUT2D eigenvalue weighted by molar-refractivity contribution is 0.0588. The summed E-state index contributed by atoms with van der Waals surface area (Å²) in [6, 6.07) is 2.58. The molecule has 1 aromatic rings. The summed E-state index contributed by atoms with van der Waals surface area (Å²) in [6.07, 6.45) is 4.92. The van der Waals surface area contributed by atoms with Gasteiger partial charge < -0.3 is 4.90 Å². The maximum Gasteiger partial charge on any atom is 0.272 e. The van der Waals surface area contributed by atoms with E-state index in [1.54, 1.807) is 4.68 Å². The maximum absolute atomic E-state index is 12.7. The van der Waals surface area contributed by atoms with Gasteiger partial charge in [-0.25, -0.2) is 0 Å². The van der Waals surface area contributed by atoms with E-state index in [0.29, 0.717) is 17.8 Å². The first-order chi connectivity index (χ1) is 9.10. The van der Waals surface area contributed by atoms with Crippen molar-refractivity contribution in [1.82, 2.24) is 14.7 Å². The Morgan fingerprint density at radius 1 is 1.42 bits per heavy atom. The molecular formula is C14H20ClN3O. The van der Waals surface area contributed by atoms with Crippen LogP contribution in [0.2, 0.25) is 0 Å². The van der Waals surface area contributed by atoms with Gasteiger partial charge in [-0.05, 0) is 38.2 Å². The molecule has 2 aliphatic rings. The van der Waals surface area contributed by atoms with Gasteiger partial charge in [-0.3, -0.25) is 9.48 Å². The van der Waals surface area contributed by atoms with E-state index in [2.05, 4.69) is 16.9 Å². The summed E-state index contributed by atoms with van der Waals surface area (Å²) in [4.78, 5) is 14.8. The van der Waals surface area contributed by atoms with E-state index in [1.807, 2.05) is 13.1 Å².